The zero-order valence-corrected chi connectivity index (χ0v) is 18.0. The molecule has 0 atom stereocenters. The zero-order chi connectivity index (χ0) is 22.5. The van der Waals surface area contributed by atoms with Gasteiger partial charge in [0.15, 0.2) is 11.5 Å². The number of carbonyl (C=O) groups excluding carboxylic acids is 1. The van der Waals surface area contributed by atoms with Crippen molar-refractivity contribution in [1.82, 2.24) is 19.9 Å². The summed E-state index contributed by atoms with van der Waals surface area (Å²) in [6.07, 6.45) is 4.74. The monoisotopic (exact) mass is 434 g/mol. The highest BCUT2D eigenvalue weighted by Crippen LogP contribution is 2.19. The van der Waals surface area contributed by atoms with E-state index < -0.39 is 0 Å². The minimum Gasteiger partial charge on any atom is -0.497 e. The van der Waals surface area contributed by atoms with Crippen molar-refractivity contribution in [2.24, 2.45) is 0 Å². The van der Waals surface area contributed by atoms with Crippen molar-refractivity contribution in [3.8, 4) is 5.75 Å². The molecule has 1 fully saturated rings. The van der Waals surface area contributed by atoms with Gasteiger partial charge in [0.05, 0.1) is 7.11 Å². The zero-order valence-electron chi connectivity index (χ0n) is 18.0. The Hall–Kier alpha value is -3.88. The molecular weight excluding hydrogens is 408 g/mol. The van der Waals surface area contributed by atoms with Crippen LogP contribution in [-0.2, 0) is 6.54 Å². The van der Waals surface area contributed by atoms with Crippen molar-refractivity contribution in [3.63, 3.8) is 0 Å². The molecule has 166 valence electrons. The number of fused-ring (bicyclic) bond motifs is 1. The van der Waals surface area contributed by atoms with Crippen LogP contribution >= 0.6 is 0 Å². The van der Waals surface area contributed by atoms with E-state index in [-0.39, 0.29) is 17.6 Å². The second-order valence-electron chi connectivity index (χ2n) is 7.58. The molecule has 1 aliphatic rings. The predicted molar refractivity (Wildman–Crippen MR) is 124 cm³/mol. The van der Waals surface area contributed by atoms with Crippen molar-refractivity contribution < 1.29 is 9.53 Å². The molecule has 0 bridgehead atoms. The van der Waals surface area contributed by atoms with Gasteiger partial charge in [-0.15, -0.1) is 6.58 Å². The highest BCUT2D eigenvalue weighted by atomic mass is 16.5. The van der Waals surface area contributed by atoms with E-state index in [1.54, 1.807) is 42.1 Å². The van der Waals surface area contributed by atoms with E-state index in [0.717, 1.165) is 0 Å². The highest BCUT2D eigenvalue weighted by molar-refractivity contribution is 5.89. The minimum absolute atomic E-state index is 0.00869. The van der Waals surface area contributed by atoms with Crippen LogP contribution in [0, 0.1) is 0 Å². The van der Waals surface area contributed by atoms with Gasteiger partial charge in [-0.25, -0.2) is 14.8 Å². The number of aromatic nitrogens is 3. The fourth-order valence-corrected chi connectivity index (χ4v) is 3.86. The number of ether oxygens (including phenoxy) is 1. The lowest BCUT2D eigenvalue weighted by atomic mass is 10.1. The number of amides is 2. The van der Waals surface area contributed by atoms with Crippen molar-refractivity contribution in [2.45, 2.75) is 25.4 Å². The average Bonchev–Trinajstić information content (AvgIpc) is 2.81. The van der Waals surface area contributed by atoms with E-state index in [4.69, 9.17) is 4.74 Å². The third kappa shape index (κ3) is 4.56. The van der Waals surface area contributed by atoms with Gasteiger partial charge in [-0.3, -0.25) is 9.36 Å². The summed E-state index contributed by atoms with van der Waals surface area (Å²) in [6.45, 7) is 5.35. The number of methoxy groups -OCH3 is 1. The van der Waals surface area contributed by atoms with Crippen molar-refractivity contribution in [3.05, 3.63) is 65.6 Å². The first-order valence-corrected chi connectivity index (χ1v) is 10.5. The van der Waals surface area contributed by atoms with Gasteiger partial charge >= 0.3 is 6.03 Å². The molecule has 2 amide bonds. The topological polar surface area (TPSA) is 101 Å². The number of nitrogens with one attached hydrogen (secondary N) is 2. The summed E-state index contributed by atoms with van der Waals surface area (Å²) in [7, 11) is 1.58. The lowest BCUT2D eigenvalue weighted by molar-refractivity contribution is 0.246. The van der Waals surface area contributed by atoms with Crippen molar-refractivity contribution in [1.29, 1.82) is 0 Å². The van der Waals surface area contributed by atoms with Gasteiger partial charge in [-0.1, -0.05) is 12.1 Å². The fourth-order valence-electron chi connectivity index (χ4n) is 3.86. The molecule has 0 spiro atoms. The molecule has 1 aromatic carbocycles. The molecule has 0 saturated carbocycles. The van der Waals surface area contributed by atoms with Gasteiger partial charge in [0.1, 0.15) is 11.3 Å². The number of anilines is 2. The summed E-state index contributed by atoms with van der Waals surface area (Å²) in [5.41, 5.74) is 1.70. The van der Waals surface area contributed by atoms with Gasteiger partial charge in [0.2, 0.25) is 0 Å². The van der Waals surface area contributed by atoms with Crippen LogP contribution in [0.15, 0.2) is 60.0 Å². The molecule has 9 heteroatoms. The van der Waals surface area contributed by atoms with Crippen LogP contribution in [0.5, 0.6) is 5.75 Å². The molecule has 9 nitrogen and oxygen atoms in total. The summed E-state index contributed by atoms with van der Waals surface area (Å²) >= 11 is 0. The molecular formula is C23H26N6O3. The van der Waals surface area contributed by atoms with E-state index in [0.29, 0.717) is 60.9 Å². The third-order valence-corrected chi connectivity index (χ3v) is 5.45. The Morgan fingerprint density at radius 2 is 2.09 bits per heavy atom. The van der Waals surface area contributed by atoms with Crippen molar-refractivity contribution >= 4 is 28.7 Å². The number of pyridine rings is 1. The maximum atomic E-state index is 13.1. The Morgan fingerprint density at radius 3 is 2.84 bits per heavy atom. The molecule has 1 saturated heterocycles. The van der Waals surface area contributed by atoms with Crippen LogP contribution in [0.2, 0.25) is 0 Å². The molecule has 3 aromatic rings. The van der Waals surface area contributed by atoms with Crippen LogP contribution in [0.4, 0.5) is 16.3 Å². The summed E-state index contributed by atoms with van der Waals surface area (Å²) in [6, 6.07) is 10.6. The standard InChI is InChI=1S/C23H26N6O3/c1-3-12-29-20-19(8-5-11-24-20)27-21(22(29)30)28-13-9-16(10-14-28)25-23(31)26-17-6-4-7-18(15-17)32-2/h3-8,11,15-16H,1,9-10,12-14H2,2H3,(H2,25,26,31). The number of piperidine rings is 1. The number of carbonyl (C=O) groups is 1. The Balaban J connectivity index is 1.42. The molecule has 0 radical (unpaired) electrons. The van der Waals surface area contributed by atoms with E-state index in [1.807, 2.05) is 23.1 Å². The first-order valence-electron chi connectivity index (χ1n) is 10.5. The molecule has 32 heavy (non-hydrogen) atoms. The number of rotatable bonds is 6. The highest BCUT2D eigenvalue weighted by Gasteiger charge is 2.24. The smallest absolute Gasteiger partial charge is 0.319 e. The van der Waals surface area contributed by atoms with E-state index in [1.165, 1.54) is 0 Å². The maximum absolute atomic E-state index is 13.1. The van der Waals surface area contributed by atoms with Crippen molar-refractivity contribution in [2.75, 3.05) is 30.4 Å². The number of nitrogens with zero attached hydrogens (tertiary/aromatic N) is 4. The Bertz CT molecular complexity index is 1180. The normalized spacial score (nSPS) is 14.2. The van der Waals surface area contributed by atoms with Crippen LogP contribution in [0.25, 0.3) is 11.2 Å². The molecule has 3 heterocycles. The second kappa shape index (κ2) is 9.51. The number of benzene rings is 1. The van der Waals surface area contributed by atoms with Gasteiger partial charge < -0.3 is 20.3 Å². The van der Waals surface area contributed by atoms with Gasteiger partial charge in [-0.2, -0.15) is 0 Å². The molecule has 4 rings (SSSR count). The Kier molecular flexibility index (Phi) is 6.34. The molecule has 0 unspecified atom stereocenters. The predicted octanol–water partition coefficient (Wildman–Crippen LogP) is 2.78. The second-order valence-corrected chi connectivity index (χ2v) is 7.58. The van der Waals surface area contributed by atoms with Crippen LogP contribution in [0.1, 0.15) is 12.8 Å². The third-order valence-electron chi connectivity index (χ3n) is 5.45. The quantitative estimate of drug-likeness (QED) is 0.579. The van der Waals surface area contributed by atoms with E-state index in [2.05, 4.69) is 27.2 Å². The average molecular weight is 435 g/mol. The Morgan fingerprint density at radius 1 is 1.28 bits per heavy atom. The summed E-state index contributed by atoms with van der Waals surface area (Å²) in [5, 5.41) is 5.84. The van der Waals surface area contributed by atoms with Gasteiger partial charge in [0.25, 0.3) is 5.56 Å². The number of urea groups is 1. The summed E-state index contributed by atoms with van der Waals surface area (Å²) in [5.74, 6) is 1.09. The minimum atomic E-state index is -0.264. The first kappa shape index (κ1) is 21.4. The lowest BCUT2D eigenvalue weighted by Crippen LogP contribution is -2.47. The van der Waals surface area contributed by atoms with Gasteiger partial charge in [0, 0.05) is 43.6 Å². The van der Waals surface area contributed by atoms with E-state index in [9.17, 15) is 9.59 Å². The number of hydrogen-bond donors (Lipinski definition) is 2. The summed E-state index contributed by atoms with van der Waals surface area (Å²) in [4.78, 5) is 36.3. The van der Waals surface area contributed by atoms with Crippen LogP contribution < -0.4 is 25.8 Å². The molecule has 2 aromatic heterocycles. The molecule has 2 N–H and O–H groups in total. The maximum Gasteiger partial charge on any atom is 0.319 e. The number of hydrogen-bond acceptors (Lipinski definition) is 6. The molecule has 0 aliphatic carbocycles. The van der Waals surface area contributed by atoms with Crippen LogP contribution in [-0.4, -0.2) is 46.8 Å². The van der Waals surface area contributed by atoms with Gasteiger partial charge in [-0.05, 0) is 37.1 Å². The summed E-state index contributed by atoms with van der Waals surface area (Å²) < 4.78 is 6.77. The van der Waals surface area contributed by atoms with Crippen LogP contribution in [0.3, 0.4) is 0 Å². The molecule has 1 aliphatic heterocycles. The first-order chi connectivity index (χ1) is 15.6. The lowest BCUT2D eigenvalue weighted by Gasteiger charge is -2.33. The SMILES string of the molecule is C=CCn1c(=O)c(N2CCC(NC(=O)Nc3cccc(OC)c3)CC2)nc2cccnc21. The number of allylic oxidation sites excluding steroid dienone is 1. The van der Waals surface area contributed by atoms with E-state index >= 15 is 0 Å². The Labute approximate surface area is 185 Å². The fraction of sp³-hybridized carbons (Fsp3) is 0.304. The largest absolute Gasteiger partial charge is 0.497 e.